The summed E-state index contributed by atoms with van der Waals surface area (Å²) in [4.78, 5) is 6.37. The fourth-order valence-electron chi connectivity index (χ4n) is 1.41. The number of rotatable bonds is 3. The van der Waals surface area contributed by atoms with Gasteiger partial charge < -0.3 is 4.98 Å². The smallest absolute Gasteiger partial charge is 0.278 e. The fraction of sp³-hybridized carbons (Fsp3) is 0.300. The molecule has 2 aromatic heterocycles. The number of H-pyrrole nitrogens is 1. The Bertz CT molecular complexity index is 576. The van der Waals surface area contributed by atoms with Gasteiger partial charge in [0.15, 0.2) is 4.77 Å². The summed E-state index contributed by atoms with van der Waals surface area (Å²) in [5.74, 6) is 0. The first-order chi connectivity index (χ1) is 8.10. The molecule has 0 aromatic carbocycles. The van der Waals surface area contributed by atoms with Crippen LogP contribution in [0.5, 0.6) is 0 Å². The molecule has 0 unspecified atom stereocenters. The van der Waals surface area contributed by atoms with Crippen LogP contribution < -0.4 is 0 Å². The van der Waals surface area contributed by atoms with E-state index in [1.54, 1.807) is 17.1 Å². The van der Waals surface area contributed by atoms with Crippen LogP contribution in [0.3, 0.4) is 0 Å². The molecule has 0 saturated heterocycles. The van der Waals surface area contributed by atoms with Gasteiger partial charge in [0.25, 0.3) is 6.43 Å². The molecule has 0 aliphatic rings. The number of hydrogen-bond acceptors (Lipinski definition) is 3. The van der Waals surface area contributed by atoms with Gasteiger partial charge in [-0.2, -0.15) is 5.10 Å². The zero-order valence-electron chi connectivity index (χ0n) is 9.02. The van der Waals surface area contributed by atoms with Crippen molar-refractivity contribution in [2.24, 2.45) is 0 Å². The van der Waals surface area contributed by atoms with E-state index in [4.69, 9.17) is 12.2 Å². The van der Waals surface area contributed by atoms with Crippen LogP contribution in [0.1, 0.15) is 19.0 Å². The first-order valence-corrected chi connectivity index (χ1v) is 5.43. The molecule has 4 nitrogen and oxygen atoms in total. The van der Waals surface area contributed by atoms with E-state index < -0.39 is 6.43 Å². The van der Waals surface area contributed by atoms with Gasteiger partial charge in [-0.15, -0.1) is 0 Å². The third-order valence-corrected chi connectivity index (χ3v) is 2.45. The van der Waals surface area contributed by atoms with Gasteiger partial charge in [-0.25, -0.2) is 13.8 Å². The van der Waals surface area contributed by atoms with Crippen molar-refractivity contribution < 1.29 is 8.78 Å². The van der Waals surface area contributed by atoms with Crippen LogP contribution in [-0.2, 0) is 6.54 Å². The van der Waals surface area contributed by atoms with Crippen molar-refractivity contribution in [3.63, 3.8) is 0 Å². The number of aromatic nitrogens is 4. The third-order valence-electron chi connectivity index (χ3n) is 2.25. The average molecular weight is 256 g/mol. The van der Waals surface area contributed by atoms with E-state index in [0.717, 1.165) is 0 Å². The molecule has 2 aromatic rings. The second kappa shape index (κ2) is 4.70. The molecule has 2 rings (SSSR count). The zero-order valence-corrected chi connectivity index (χ0v) is 9.84. The second-order valence-electron chi connectivity index (χ2n) is 3.41. The summed E-state index contributed by atoms with van der Waals surface area (Å²) < 4.78 is 26.9. The van der Waals surface area contributed by atoms with Gasteiger partial charge in [-0.05, 0) is 25.2 Å². The Morgan fingerprint density at radius 3 is 2.88 bits per heavy atom. The summed E-state index contributed by atoms with van der Waals surface area (Å²) in [7, 11) is 0. The Kier molecular flexibility index (Phi) is 3.28. The molecule has 0 atom stereocenters. The monoisotopic (exact) mass is 256 g/mol. The summed E-state index contributed by atoms with van der Waals surface area (Å²) in [6.07, 6.45) is 0.724. The van der Waals surface area contributed by atoms with Crippen LogP contribution in [0.15, 0.2) is 18.5 Å². The first kappa shape index (κ1) is 11.8. The highest BCUT2D eigenvalue weighted by Gasteiger charge is 2.11. The predicted molar refractivity (Wildman–Crippen MR) is 61.3 cm³/mol. The lowest BCUT2D eigenvalue weighted by molar-refractivity contribution is 0.146. The van der Waals surface area contributed by atoms with E-state index in [1.165, 1.54) is 6.07 Å². The summed E-state index contributed by atoms with van der Waals surface area (Å²) in [5, 5.41) is 4.06. The SMILES string of the molecule is CCn1cc(-c2cc(C(F)F)[nH]c(=S)n2)cn1. The van der Waals surface area contributed by atoms with Crippen LogP contribution in [0.2, 0.25) is 0 Å². The first-order valence-electron chi connectivity index (χ1n) is 5.02. The Morgan fingerprint density at radius 2 is 2.29 bits per heavy atom. The van der Waals surface area contributed by atoms with Crippen LogP contribution in [0.4, 0.5) is 8.78 Å². The minimum atomic E-state index is -2.60. The van der Waals surface area contributed by atoms with E-state index >= 15 is 0 Å². The van der Waals surface area contributed by atoms with E-state index in [1.807, 2.05) is 6.92 Å². The molecule has 90 valence electrons. The topological polar surface area (TPSA) is 46.5 Å². The number of nitrogens with zero attached hydrogens (tertiary/aromatic N) is 3. The summed E-state index contributed by atoms with van der Waals surface area (Å²) in [5.41, 5.74) is 0.849. The number of alkyl halides is 2. The van der Waals surface area contributed by atoms with Crippen molar-refractivity contribution in [2.45, 2.75) is 19.9 Å². The van der Waals surface area contributed by atoms with Gasteiger partial charge >= 0.3 is 0 Å². The average Bonchev–Trinajstić information content (AvgIpc) is 2.76. The van der Waals surface area contributed by atoms with Gasteiger partial charge in [-0.1, -0.05) is 0 Å². The molecule has 0 fully saturated rings. The summed E-state index contributed by atoms with van der Waals surface area (Å²) >= 11 is 4.81. The lowest BCUT2D eigenvalue weighted by Crippen LogP contribution is -1.95. The van der Waals surface area contributed by atoms with Gasteiger partial charge in [-0.3, -0.25) is 4.68 Å². The molecule has 7 heteroatoms. The van der Waals surface area contributed by atoms with E-state index in [2.05, 4.69) is 15.1 Å². The number of aryl methyl sites for hydroxylation is 1. The molecule has 17 heavy (non-hydrogen) atoms. The van der Waals surface area contributed by atoms with Crippen molar-refractivity contribution in [1.29, 1.82) is 0 Å². The Morgan fingerprint density at radius 1 is 1.53 bits per heavy atom. The lowest BCUT2D eigenvalue weighted by atomic mass is 10.2. The zero-order chi connectivity index (χ0) is 12.4. The maximum atomic E-state index is 12.6. The molecule has 0 radical (unpaired) electrons. The maximum absolute atomic E-state index is 12.6. The van der Waals surface area contributed by atoms with Crippen LogP contribution in [0.25, 0.3) is 11.3 Å². The summed E-state index contributed by atoms with van der Waals surface area (Å²) in [6, 6.07) is 1.29. The van der Waals surface area contributed by atoms with Crippen LogP contribution in [-0.4, -0.2) is 19.7 Å². The van der Waals surface area contributed by atoms with Crippen LogP contribution in [0, 0.1) is 4.77 Å². The van der Waals surface area contributed by atoms with Crippen molar-refractivity contribution in [1.82, 2.24) is 19.7 Å². The minimum Gasteiger partial charge on any atom is -0.329 e. The van der Waals surface area contributed by atoms with E-state index in [9.17, 15) is 8.78 Å². The molecule has 0 bridgehead atoms. The Hall–Kier alpha value is -1.63. The molecule has 2 heterocycles. The molecular formula is C10H10F2N4S. The second-order valence-corrected chi connectivity index (χ2v) is 3.80. The Labute approximate surface area is 101 Å². The van der Waals surface area contributed by atoms with Gasteiger partial charge in [0.2, 0.25) is 0 Å². The number of halogens is 2. The van der Waals surface area contributed by atoms with Crippen molar-refractivity contribution in [3.8, 4) is 11.3 Å². The maximum Gasteiger partial charge on any atom is 0.278 e. The lowest BCUT2D eigenvalue weighted by Gasteiger charge is -2.02. The highest BCUT2D eigenvalue weighted by Crippen LogP contribution is 2.22. The normalized spacial score (nSPS) is 11.1. The molecular weight excluding hydrogens is 246 g/mol. The highest BCUT2D eigenvalue weighted by molar-refractivity contribution is 7.71. The quantitative estimate of drug-likeness (QED) is 0.859. The molecule has 0 aliphatic carbocycles. The van der Waals surface area contributed by atoms with E-state index in [0.29, 0.717) is 17.8 Å². The van der Waals surface area contributed by atoms with E-state index in [-0.39, 0.29) is 10.5 Å². The summed E-state index contributed by atoms with van der Waals surface area (Å²) in [6.45, 7) is 2.65. The molecule has 0 spiro atoms. The highest BCUT2D eigenvalue weighted by atomic mass is 32.1. The number of hydrogen-bond donors (Lipinski definition) is 1. The molecule has 0 amide bonds. The van der Waals surface area contributed by atoms with Crippen LogP contribution >= 0.6 is 12.2 Å². The predicted octanol–water partition coefficient (Wildman–Crippen LogP) is 2.96. The number of aromatic amines is 1. The van der Waals surface area contributed by atoms with Crippen molar-refractivity contribution >= 4 is 12.2 Å². The van der Waals surface area contributed by atoms with Crippen molar-refractivity contribution in [3.05, 3.63) is 28.9 Å². The van der Waals surface area contributed by atoms with Gasteiger partial charge in [0.1, 0.15) is 0 Å². The Balaban J connectivity index is 2.48. The minimum absolute atomic E-state index is 0.0436. The van der Waals surface area contributed by atoms with Crippen molar-refractivity contribution in [2.75, 3.05) is 0 Å². The fourth-order valence-corrected chi connectivity index (χ4v) is 1.63. The number of nitrogens with one attached hydrogen (secondary N) is 1. The molecule has 0 aliphatic heterocycles. The molecule has 0 saturated carbocycles. The standard InChI is InChI=1S/C10H10F2N4S/c1-2-16-5-6(4-13-16)7-3-8(9(11)12)15-10(17)14-7/h3-5,9H,2H2,1H3,(H,14,15,17). The molecule has 1 N–H and O–H groups in total. The third kappa shape index (κ3) is 2.55. The van der Waals surface area contributed by atoms with Gasteiger partial charge in [0, 0.05) is 18.3 Å². The largest absolute Gasteiger partial charge is 0.329 e. The van der Waals surface area contributed by atoms with Gasteiger partial charge in [0.05, 0.1) is 17.6 Å².